The van der Waals surface area contributed by atoms with Crippen molar-refractivity contribution in [2.75, 3.05) is 0 Å². The summed E-state index contributed by atoms with van der Waals surface area (Å²) in [5.74, 6) is 0. The molecular weight excluding hydrogens is 388 g/mol. The van der Waals surface area contributed by atoms with Crippen LogP contribution in [-0.2, 0) is 12.8 Å². The average molecular weight is 431 g/mol. The van der Waals surface area contributed by atoms with Crippen LogP contribution in [0.5, 0.6) is 0 Å². The second-order valence-corrected chi connectivity index (χ2v) is 11.4. The molecule has 0 bridgehead atoms. The molecule has 2 aromatic rings. The van der Waals surface area contributed by atoms with E-state index in [4.69, 9.17) is 0 Å². The molecule has 0 saturated carbocycles. The predicted molar refractivity (Wildman–Crippen MR) is 141 cm³/mol. The second kappa shape index (κ2) is 12.9. The first-order valence-electron chi connectivity index (χ1n) is 12.8. The van der Waals surface area contributed by atoms with Crippen molar-refractivity contribution in [1.82, 2.24) is 0 Å². The molecule has 0 aromatic heterocycles. The van der Waals surface area contributed by atoms with E-state index in [1.807, 2.05) is 0 Å². The van der Waals surface area contributed by atoms with Gasteiger partial charge in [-0.25, -0.2) is 0 Å². The normalized spacial score (nSPS) is 13.9. The summed E-state index contributed by atoms with van der Waals surface area (Å²) < 4.78 is 0. The van der Waals surface area contributed by atoms with Crippen LogP contribution in [-0.4, -0.2) is 9.52 Å². The molecule has 0 heterocycles. The third-order valence-corrected chi connectivity index (χ3v) is 9.38. The highest BCUT2D eigenvalue weighted by Gasteiger charge is 2.20. The second-order valence-electron chi connectivity index (χ2n) is 9.29. The Morgan fingerprint density at radius 1 is 0.677 bits per heavy atom. The molecule has 1 heteroatoms. The molecular formula is C30H42Si. The number of unbranched alkanes of at least 4 members (excludes halogenated alkanes) is 3. The predicted octanol–water partition coefficient (Wildman–Crippen LogP) is 8.03. The molecule has 0 atom stereocenters. The van der Waals surface area contributed by atoms with Gasteiger partial charge in [-0.05, 0) is 67.2 Å². The van der Waals surface area contributed by atoms with Crippen LogP contribution in [0.4, 0.5) is 0 Å². The SMILES string of the molecule is CCCCC1=C([SiH2]C(c2ccc(CCCC)cc2)c2ccc(CCCC)cc2)CC=C1. The Kier molecular flexibility index (Phi) is 9.87. The summed E-state index contributed by atoms with van der Waals surface area (Å²) in [6.45, 7) is 6.86. The Labute approximate surface area is 193 Å². The van der Waals surface area contributed by atoms with Gasteiger partial charge >= 0.3 is 0 Å². The Bertz CT molecular complexity index is 787. The Morgan fingerprint density at radius 3 is 1.65 bits per heavy atom. The van der Waals surface area contributed by atoms with E-state index in [-0.39, 0.29) is 0 Å². The topological polar surface area (TPSA) is 0 Å². The summed E-state index contributed by atoms with van der Waals surface area (Å²) in [6, 6.07) is 19.3. The molecule has 0 aliphatic heterocycles. The van der Waals surface area contributed by atoms with Crippen molar-refractivity contribution in [3.8, 4) is 0 Å². The number of allylic oxidation sites excluding steroid dienone is 4. The molecule has 31 heavy (non-hydrogen) atoms. The molecule has 0 nitrogen and oxygen atoms in total. The monoisotopic (exact) mass is 430 g/mol. The highest BCUT2D eigenvalue weighted by molar-refractivity contribution is 6.48. The highest BCUT2D eigenvalue weighted by atomic mass is 28.2. The van der Waals surface area contributed by atoms with Crippen LogP contribution in [0.15, 0.2) is 71.5 Å². The Hall–Kier alpha value is -1.86. The van der Waals surface area contributed by atoms with E-state index < -0.39 is 9.52 Å². The van der Waals surface area contributed by atoms with Crippen LogP contribution in [0.1, 0.15) is 99.9 Å². The fourth-order valence-corrected chi connectivity index (χ4v) is 7.10. The van der Waals surface area contributed by atoms with Crippen LogP contribution in [0, 0.1) is 0 Å². The first kappa shape index (κ1) is 23.8. The molecule has 0 saturated heterocycles. The third kappa shape index (κ3) is 7.07. The highest BCUT2D eigenvalue weighted by Crippen LogP contribution is 2.31. The lowest BCUT2D eigenvalue weighted by Crippen LogP contribution is -2.13. The van der Waals surface area contributed by atoms with Crippen molar-refractivity contribution in [2.45, 2.75) is 90.5 Å². The van der Waals surface area contributed by atoms with E-state index in [9.17, 15) is 0 Å². The maximum atomic E-state index is 2.43. The molecule has 1 aliphatic carbocycles. The van der Waals surface area contributed by atoms with Crippen LogP contribution in [0.2, 0.25) is 0 Å². The summed E-state index contributed by atoms with van der Waals surface area (Å²) in [7, 11) is -0.409. The van der Waals surface area contributed by atoms with Gasteiger partial charge < -0.3 is 0 Å². The zero-order valence-corrected chi connectivity index (χ0v) is 21.5. The van der Waals surface area contributed by atoms with Gasteiger partial charge in [0.05, 0.1) is 9.52 Å². The summed E-state index contributed by atoms with van der Waals surface area (Å²) in [5, 5.41) is 1.79. The summed E-state index contributed by atoms with van der Waals surface area (Å²) in [4.78, 5) is 0. The quantitative estimate of drug-likeness (QED) is 0.282. The molecule has 0 unspecified atom stereocenters. The Morgan fingerprint density at radius 2 is 1.16 bits per heavy atom. The van der Waals surface area contributed by atoms with E-state index in [1.165, 1.54) is 86.5 Å². The van der Waals surface area contributed by atoms with E-state index in [1.54, 1.807) is 10.8 Å². The van der Waals surface area contributed by atoms with Gasteiger partial charge in [-0.2, -0.15) is 0 Å². The third-order valence-electron chi connectivity index (χ3n) is 6.79. The molecule has 0 amide bonds. The summed E-state index contributed by atoms with van der Waals surface area (Å²) in [5.41, 5.74) is 8.30. The van der Waals surface area contributed by atoms with Crippen molar-refractivity contribution < 1.29 is 0 Å². The lowest BCUT2D eigenvalue weighted by Gasteiger charge is -2.20. The minimum atomic E-state index is -0.409. The van der Waals surface area contributed by atoms with Gasteiger partial charge in [-0.3, -0.25) is 0 Å². The van der Waals surface area contributed by atoms with E-state index in [0.717, 1.165) is 0 Å². The van der Waals surface area contributed by atoms with Gasteiger partial charge in [-0.15, -0.1) is 0 Å². The first-order valence-corrected chi connectivity index (χ1v) is 14.3. The lowest BCUT2D eigenvalue weighted by atomic mass is 9.99. The van der Waals surface area contributed by atoms with Crippen molar-refractivity contribution in [2.24, 2.45) is 0 Å². The van der Waals surface area contributed by atoms with Gasteiger partial charge in [0.1, 0.15) is 0 Å². The van der Waals surface area contributed by atoms with Crippen LogP contribution in [0.25, 0.3) is 0 Å². The van der Waals surface area contributed by atoms with E-state index >= 15 is 0 Å². The number of hydrogen-bond donors (Lipinski definition) is 0. The van der Waals surface area contributed by atoms with Gasteiger partial charge in [0.15, 0.2) is 0 Å². The molecule has 2 aromatic carbocycles. The zero-order valence-electron chi connectivity index (χ0n) is 20.1. The molecule has 1 aliphatic rings. The van der Waals surface area contributed by atoms with Crippen molar-refractivity contribution >= 4 is 9.52 Å². The number of rotatable bonds is 13. The van der Waals surface area contributed by atoms with E-state index in [2.05, 4.69) is 81.5 Å². The summed E-state index contributed by atoms with van der Waals surface area (Å²) >= 11 is 0. The minimum Gasteiger partial charge on any atom is -0.0806 e. The number of hydrogen-bond acceptors (Lipinski definition) is 0. The van der Waals surface area contributed by atoms with E-state index in [0.29, 0.717) is 5.54 Å². The van der Waals surface area contributed by atoms with Gasteiger partial charge in [0.2, 0.25) is 0 Å². The van der Waals surface area contributed by atoms with Crippen molar-refractivity contribution in [1.29, 1.82) is 0 Å². The molecule has 0 fully saturated rings. The van der Waals surface area contributed by atoms with Gasteiger partial charge in [-0.1, -0.05) is 111 Å². The fourth-order valence-electron chi connectivity index (χ4n) is 4.70. The first-order chi connectivity index (χ1) is 15.2. The van der Waals surface area contributed by atoms with Crippen LogP contribution in [0.3, 0.4) is 0 Å². The van der Waals surface area contributed by atoms with Gasteiger partial charge in [0.25, 0.3) is 0 Å². The standard InChI is InChI=1S/C30H42Si/c1-4-7-11-24-16-20-27(21-17-24)30(28-22-18-25(19-23-28)12-8-5-2)31-29-15-10-14-26(29)13-9-6-3/h10,14,16-23,30H,4-9,11-13,15,31H2,1-3H3. The fraction of sp³-hybridized carbons (Fsp3) is 0.467. The van der Waals surface area contributed by atoms with Crippen LogP contribution < -0.4 is 0 Å². The van der Waals surface area contributed by atoms with Crippen molar-refractivity contribution in [3.63, 3.8) is 0 Å². The molecule has 0 N–H and O–H groups in total. The lowest BCUT2D eigenvalue weighted by molar-refractivity contribution is 0.794. The maximum Gasteiger partial charge on any atom is 0.0635 e. The zero-order chi connectivity index (χ0) is 21.9. The number of benzene rings is 2. The smallest absolute Gasteiger partial charge is 0.0635 e. The maximum absolute atomic E-state index is 2.43. The molecule has 3 rings (SSSR count). The molecule has 166 valence electrons. The largest absolute Gasteiger partial charge is 0.0806 e. The van der Waals surface area contributed by atoms with Gasteiger partial charge in [0, 0.05) is 5.54 Å². The van der Waals surface area contributed by atoms with Crippen LogP contribution >= 0.6 is 0 Å². The van der Waals surface area contributed by atoms with Crippen molar-refractivity contribution in [3.05, 3.63) is 93.7 Å². The Balaban J connectivity index is 1.85. The average Bonchev–Trinajstić information content (AvgIpc) is 3.26. The summed E-state index contributed by atoms with van der Waals surface area (Å²) in [6.07, 6.45) is 17.4. The number of aryl methyl sites for hydroxylation is 2. The minimum absolute atomic E-state index is 0.409. The molecule has 0 spiro atoms. The molecule has 0 radical (unpaired) electrons.